The zero-order valence-electron chi connectivity index (χ0n) is 15.5. The van der Waals surface area contributed by atoms with E-state index < -0.39 is 0 Å². The van der Waals surface area contributed by atoms with E-state index in [0.717, 1.165) is 38.0 Å². The van der Waals surface area contributed by atoms with E-state index in [0.29, 0.717) is 28.9 Å². The number of piperidine rings is 1. The number of nitrogens with zero attached hydrogens (tertiary/aromatic N) is 1. The molecule has 7 heteroatoms. The SMILES string of the molecule is O=C(NCCOc1ccc(F)cc1)C1CCN(Cc2cccc(Cl)c2Cl)CC1. The molecule has 1 N–H and O–H groups in total. The average molecular weight is 425 g/mol. The lowest BCUT2D eigenvalue weighted by molar-refractivity contribution is -0.126. The quantitative estimate of drug-likeness (QED) is 0.663. The van der Waals surface area contributed by atoms with E-state index in [9.17, 15) is 9.18 Å². The molecule has 0 aliphatic carbocycles. The molecule has 2 aromatic carbocycles. The smallest absolute Gasteiger partial charge is 0.223 e. The van der Waals surface area contributed by atoms with Gasteiger partial charge in [-0.05, 0) is 61.8 Å². The molecular formula is C21H23Cl2FN2O2. The van der Waals surface area contributed by atoms with Crippen molar-refractivity contribution >= 4 is 29.1 Å². The van der Waals surface area contributed by atoms with Crippen molar-refractivity contribution in [3.63, 3.8) is 0 Å². The van der Waals surface area contributed by atoms with Crippen LogP contribution < -0.4 is 10.1 Å². The number of benzene rings is 2. The van der Waals surface area contributed by atoms with E-state index in [-0.39, 0.29) is 17.6 Å². The number of hydrogen-bond donors (Lipinski definition) is 1. The first kappa shape index (κ1) is 20.9. The van der Waals surface area contributed by atoms with Crippen LogP contribution in [0.1, 0.15) is 18.4 Å². The zero-order chi connectivity index (χ0) is 19.9. The van der Waals surface area contributed by atoms with Crippen LogP contribution in [0.4, 0.5) is 4.39 Å². The molecule has 1 saturated heterocycles. The summed E-state index contributed by atoms with van der Waals surface area (Å²) in [7, 11) is 0. The molecular weight excluding hydrogens is 402 g/mol. The Morgan fingerprint density at radius 1 is 1.14 bits per heavy atom. The number of nitrogens with one attached hydrogen (secondary N) is 1. The lowest BCUT2D eigenvalue weighted by Gasteiger charge is -2.31. The molecule has 0 saturated carbocycles. The Kier molecular flexibility index (Phi) is 7.54. The number of ether oxygens (including phenoxy) is 1. The molecule has 1 heterocycles. The van der Waals surface area contributed by atoms with Gasteiger partial charge in [0.25, 0.3) is 0 Å². The summed E-state index contributed by atoms with van der Waals surface area (Å²) in [6, 6.07) is 11.5. The summed E-state index contributed by atoms with van der Waals surface area (Å²) in [6.07, 6.45) is 1.62. The molecule has 150 valence electrons. The topological polar surface area (TPSA) is 41.6 Å². The Hall–Kier alpha value is -1.82. The Balaban J connectivity index is 1.36. The second-order valence-corrected chi connectivity index (χ2v) is 7.64. The molecule has 4 nitrogen and oxygen atoms in total. The Morgan fingerprint density at radius 3 is 2.57 bits per heavy atom. The minimum atomic E-state index is -0.301. The van der Waals surface area contributed by atoms with Crippen LogP contribution in [0, 0.1) is 11.7 Å². The van der Waals surface area contributed by atoms with Crippen molar-refractivity contribution in [3.8, 4) is 5.75 Å². The fourth-order valence-corrected chi connectivity index (χ4v) is 3.66. The standard InChI is InChI=1S/C21H23Cl2FN2O2/c22-19-3-1-2-16(20(19)23)14-26-11-8-15(9-12-26)21(27)25-10-13-28-18-6-4-17(24)5-7-18/h1-7,15H,8-14H2,(H,25,27). The van der Waals surface area contributed by atoms with E-state index in [1.54, 1.807) is 18.2 Å². The molecule has 28 heavy (non-hydrogen) atoms. The fourth-order valence-electron chi connectivity index (χ4n) is 3.28. The highest BCUT2D eigenvalue weighted by Crippen LogP contribution is 2.28. The second-order valence-electron chi connectivity index (χ2n) is 6.86. The third kappa shape index (κ3) is 5.84. The molecule has 2 aromatic rings. The maximum atomic E-state index is 12.8. The first-order valence-corrected chi connectivity index (χ1v) is 10.1. The van der Waals surface area contributed by atoms with Crippen LogP contribution in [-0.2, 0) is 11.3 Å². The summed E-state index contributed by atoms with van der Waals surface area (Å²) >= 11 is 12.3. The lowest BCUT2D eigenvalue weighted by Crippen LogP contribution is -2.41. The molecule has 0 atom stereocenters. The van der Waals surface area contributed by atoms with Gasteiger partial charge in [-0.1, -0.05) is 35.3 Å². The van der Waals surface area contributed by atoms with Crippen LogP contribution in [-0.4, -0.2) is 37.0 Å². The predicted molar refractivity (Wildman–Crippen MR) is 109 cm³/mol. The van der Waals surface area contributed by atoms with E-state index in [1.807, 2.05) is 12.1 Å². The van der Waals surface area contributed by atoms with Crippen molar-refractivity contribution < 1.29 is 13.9 Å². The summed E-state index contributed by atoms with van der Waals surface area (Å²) < 4.78 is 18.3. The summed E-state index contributed by atoms with van der Waals surface area (Å²) in [6.45, 7) is 3.19. The van der Waals surface area contributed by atoms with Crippen molar-refractivity contribution in [2.75, 3.05) is 26.2 Å². The van der Waals surface area contributed by atoms with Crippen LogP contribution >= 0.6 is 23.2 Å². The number of carbonyl (C=O) groups excluding carboxylic acids is 1. The van der Waals surface area contributed by atoms with Gasteiger partial charge in [-0.2, -0.15) is 0 Å². The molecule has 0 spiro atoms. The molecule has 1 aliphatic rings. The zero-order valence-corrected chi connectivity index (χ0v) is 17.0. The third-order valence-corrected chi connectivity index (χ3v) is 5.73. The van der Waals surface area contributed by atoms with E-state index in [2.05, 4.69) is 10.2 Å². The molecule has 1 fully saturated rings. The van der Waals surface area contributed by atoms with Crippen LogP contribution in [0.5, 0.6) is 5.75 Å². The number of carbonyl (C=O) groups is 1. The van der Waals surface area contributed by atoms with Crippen molar-refractivity contribution in [1.82, 2.24) is 10.2 Å². The van der Waals surface area contributed by atoms with Crippen molar-refractivity contribution in [3.05, 3.63) is 63.9 Å². The van der Waals surface area contributed by atoms with Crippen LogP contribution in [0.25, 0.3) is 0 Å². The van der Waals surface area contributed by atoms with Gasteiger partial charge in [0.2, 0.25) is 5.91 Å². The molecule has 1 aliphatic heterocycles. The van der Waals surface area contributed by atoms with Gasteiger partial charge in [0.1, 0.15) is 18.2 Å². The normalized spacial score (nSPS) is 15.4. The van der Waals surface area contributed by atoms with Gasteiger partial charge < -0.3 is 10.1 Å². The van der Waals surface area contributed by atoms with Crippen molar-refractivity contribution in [1.29, 1.82) is 0 Å². The largest absolute Gasteiger partial charge is 0.492 e. The molecule has 0 unspecified atom stereocenters. The van der Waals surface area contributed by atoms with Gasteiger partial charge in [-0.25, -0.2) is 4.39 Å². The average Bonchev–Trinajstić information content (AvgIpc) is 2.70. The van der Waals surface area contributed by atoms with Crippen LogP contribution in [0.15, 0.2) is 42.5 Å². The van der Waals surface area contributed by atoms with Gasteiger partial charge >= 0.3 is 0 Å². The maximum Gasteiger partial charge on any atom is 0.223 e. The summed E-state index contributed by atoms with van der Waals surface area (Å²) in [5, 5.41) is 4.09. The predicted octanol–water partition coefficient (Wildman–Crippen LogP) is 4.54. The van der Waals surface area contributed by atoms with Gasteiger partial charge in [0, 0.05) is 12.5 Å². The first-order chi connectivity index (χ1) is 13.5. The molecule has 0 bridgehead atoms. The van der Waals surface area contributed by atoms with E-state index in [4.69, 9.17) is 27.9 Å². The van der Waals surface area contributed by atoms with Crippen molar-refractivity contribution in [2.45, 2.75) is 19.4 Å². The van der Waals surface area contributed by atoms with Gasteiger partial charge in [-0.3, -0.25) is 9.69 Å². The Bertz CT molecular complexity index is 793. The first-order valence-electron chi connectivity index (χ1n) is 9.34. The molecule has 0 aromatic heterocycles. The highest BCUT2D eigenvalue weighted by molar-refractivity contribution is 6.42. The highest BCUT2D eigenvalue weighted by atomic mass is 35.5. The third-order valence-electron chi connectivity index (χ3n) is 4.87. The van der Waals surface area contributed by atoms with Gasteiger partial charge in [0.05, 0.1) is 16.6 Å². The highest BCUT2D eigenvalue weighted by Gasteiger charge is 2.25. The van der Waals surface area contributed by atoms with Gasteiger partial charge in [0.15, 0.2) is 0 Å². The molecule has 3 rings (SSSR count). The summed E-state index contributed by atoms with van der Waals surface area (Å²) in [5.41, 5.74) is 1.01. The minimum absolute atomic E-state index is 0.0110. The molecule has 0 radical (unpaired) electrons. The lowest BCUT2D eigenvalue weighted by atomic mass is 9.95. The summed E-state index contributed by atoms with van der Waals surface area (Å²) in [4.78, 5) is 14.6. The van der Waals surface area contributed by atoms with Gasteiger partial charge in [-0.15, -0.1) is 0 Å². The number of amides is 1. The maximum absolute atomic E-state index is 12.8. The Labute approximate surface area is 174 Å². The number of halogens is 3. The fraction of sp³-hybridized carbons (Fsp3) is 0.381. The number of hydrogen-bond acceptors (Lipinski definition) is 3. The number of rotatable bonds is 7. The number of likely N-dealkylation sites (tertiary alicyclic amines) is 1. The molecule has 1 amide bonds. The Morgan fingerprint density at radius 2 is 1.86 bits per heavy atom. The monoisotopic (exact) mass is 424 g/mol. The van der Waals surface area contributed by atoms with E-state index >= 15 is 0 Å². The van der Waals surface area contributed by atoms with Crippen LogP contribution in [0.3, 0.4) is 0 Å². The minimum Gasteiger partial charge on any atom is -0.492 e. The summed E-state index contributed by atoms with van der Waals surface area (Å²) in [5.74, 6) is 0.355. The second kappa shape index (κ2) is 10.1. The van der Waals surface area contributed by atoms with Crippen LogP contribution in [0.2, 0.25) is 10.0 Å². The van der Waals surface area contributed by atoms with E-state index in [1.165, 1.54) is 12.1 Å². The van der Waals surface area contributed by atoms with Crippen molar-refractivity contribution in [2.24, 2.45) is 5.92 Å².